The molecule has 0 fully saturated rings. The third kappa shape index (κ3) is 2.73. The van der Waals surface area contributed by atoms with Gasteiger partial charge in [-0.05, 0) is 77.6 Å². The number of benzene rings is 2. The zero-order chi connectivity index (χ0) is 13.9. The first kappa shape index (κ1) is 13.6. The highest BCUT2D eigenvalue weighted by molar-refractivity contribution is 14.1. The predicted molar refractivity (Wildman–Crippen MR) is 90.2 cm³/mol. The second-order valence-electron chi connectivity index (χ2n) is 5.08. The van der Waals surface area contributed by atoms with Gasteiger partial charge in [0.2, 0.25) is 0 Å². The van der Waals surface area contributed by atoms with E-state index in [1.165, 1.54) is 24.0 Å². The van der Waals surface area contributed by atoms with E-state index in [1.54, 1.807) is 0 Å². The average molecular weight is 377 g/mol. The lowest BCUT2D eigenvalue weighted by Crippen LogP contribution is -2.17. The third-order valence-corrected chi connectivity index (χ3v) is 4.70. The molecule has 0 spiro atoms. The number of carbonyl (C=O) groups excluding carboxylic acids is 1. The number of rotatable bonds is 2. The van der Waals surface area contributed by atoms with Gasteiger partial charge < -0.3 is 5.32 Å². The van der Waals surface area contributed by atoms with Gasteiger partial charge >= 0.3 is 0 Å². The van der Waals surface area contributed by atoms with Crippen molar-refractivity contribution < 1.29 is 4.79 Å². The Morgan fingerprint density at radius 2 is 1.80 bits per heavy atom. The van der Waals surface area contributed by atoms with Crippen LogP contribution in [-0.2, 0) is 12.8 Å². The Kier molecular flexibility index (Phi) is 4.05. The topological polar surface area (TPSA) is 29.1 Å². The van der Waals surface area contributed by atoms with E-state index in [1.807, 2.05) is 36.4 Å². The second-order valence-corrected chi connectivity index (χ2v) is 6.25. The molecule has 0 aliphatic heterocycles. The number of fused-ring (bicyclic) bond motifs is 1. The summed E-state index contributed by atoms with van der Waals surface area (Å²) in [5.41, 5.74) is 4.29. The number of para-hydroxylation sites is 1. The van der Waals surface area contributed by atoms with Gasteiger partial charge in [0, 0.05) is 9.13 Å². The molecule has 0 heterocycles. The SMILES string of the molecule is O=C(Nc1ccccc1I)c1cccc2c1CCCC2. The van der Waals surface area contributed by atoms with E-state index in [0.29, 0.717) is 0 Å². The molecule has 1 amide bonds. The minimum absolute atomic E-state index is 0.00728. The number of halogens is 1. The Labute approximate surface area is 132 Å². The fourth-order valence-electron chi connectivity index (χ4n) is 2.75. The number of carbonyl (C=O) groups is 1. The lowest BCUT2D eigenvalue weighted by Gasteiger charge is -2.19. The van der Waals surface area contributed by atoms with E-state index in [4.69, 9.17) is 0 Å². The molecule has 2 nitrogen and oxygen atoms in total. The maximum absolute atomic E-state index is 12.5. The van der Waals surface area contributed by atoms with Crippen molar-refractivity contribution in [2.24, 2.45) is 0 Å². The van der Waals surface area contributed by atoms with Crippen LogP contribution >= 0.6 is 22.6 Å². The molecule has 3 heteroatoms. The molecular formula is C17H16INO. The molecule has 0 atom stereocenters. The average Bonchev–Trinajstić information content (AvgIpc) is 2.49. The molecule has 1 N–H and O–H groups in total. The van der Waals surface area contributed by atoms with Crippen LogP contribution in [0.15, 0.2) is 42.5 Å². The van der Waals surface area contributed by atoms with Gasteiger partial charge in [-0.3, -0.25) is 4.79 Å². The minimum atomic E-state index is 0.00728. The summed E-state index contributed by atoms with van der Waals surface area (Å²) < 4.78 is 1.06. The van der Waals surface area contributed by atoms with Crippen molar-refractivity contribution >= 4 is 34.2 Å². The van der Waals surface area contributed by atoms with Crippen LogP contribution in [0.25, 0.3) is 0 Å². The summed E-state index contributed by atoms with van der Waals surface area (Å²) in [7, 11) is 0. The highest BCUT2D eigenvalue weighted by Gasteiger charge is 2.17. The molecule has 2 aromatic rings. The molecule has 1 aliphatic rings. The van der Waals surface area contributed by atoms with E-state index < -0.39 is 0 Å². The van der Waals surface area contributed by atoms with Gasteiger partial charge in [-0.25, -0.2) is 0 Å². The molecule has 2 aromatic carbocycles. The largest absolute Gasteiger partial charge is 0.321 e. The smallest absolute Gasteiger partial charge is 0.255 e. The standard InChI is InChI=1S/C17H16INO/c18-15-10-3-4-11-16(15)19-17(20)14-9-5-7-12-6-1-2-8-13(12)14/h3-5,7,9-11H,1-2,6,8H2,(H,19,20). The molecular weight excluding hydrogens is 361 g/mol. The van der Waals surface area contributed by atoms with E-state index in [-0.39, 0.29) is 5.91 Å². The summed E-state index contributed by atoms with van der Waals surface area (Å²) >= 11 is 2.24. The van der Waals surface area contributed by atoms with E-state index >= 15 is 0 Å². The van der Waals surface area contributed by atoms with Crippen molar-refractivity contribution in [3.05, 3.63) is 62.7 Å². The number of hydrogen-bond acceptors (Lipinski definition) is 1. The molecule has 0 saturated heterocycles. The lowest BCUT2D eigenvalue weighted by molar-refractivity contribution is 0.102. The number of anilines is 1. The second kappa shape index (κ2) is 5.95. The van der Waals surface area contributed by atoms with E-state index in [0.717, 1.165) is 27.7 Å². The lowest BCUT2D eigenvalue weighted by atomic mass is 9.88. The molecule has 20 heavy (non-hydrogen) atoms. The fraction of sp³-hybridized carbons (Fsp3) is 0.235. The van der Waals surface area contributed by atoms with Gasteiger partial charge in [-0.2, -0.15) is 0 Å². The molecule has 3 rings (SSSR count). The van der Waals surface area contributed by atoms with Crippen molar-refractivity contribution in [2.45, 2.75) is 25.7 Å². The molecule has 1 aliphatic carbocycles. The number of amides is 1. The van der Waals surface area contributed by atoms with Crippen molar-refractivity contribution in [1.82, 2.24) is 0 Å². The Morgan fingerprint density at radius 1 is 1.00 bits per heavy atom. The maximum Gasteiger partial charge on any atom is 0.255 e. The Bertz CT molecular complexity index is 651. The first-order valence-electron chi connectivity index (χ1n) is 6.92. The quantitative estimate of drug-likeness (QED) is 0.772. The fourth-order valence-corrected chi connectivity index (χ4v) is 3.27. The molecule has 0 radical (unpaired) electrons. The summed E-state index contributed by atoms with van der Waals surface area (Å²) in [6, 6.07) is 13.9. The highest BCUT2D eigenvalue weighted by atomic mass is 127. The van der Waals surface area contributed by atoms with Crippen LogP contribution in [0.5, 0.6) is 0 Å². The molecule has 0 saturated carbocycles. The van der Waals surface area contributed by atoms with Gasteiger partial charge in [0.1, 0.15) is 0 Å². The Hall–Kier alpha value is -1.36. The monoisotopic (exact) mass is 377 g/mol. The first-order valence-corrected chi connectivity index (χ1v) is 8.00. The number of hydrogen-bond donors (Lipinski definition) is 1. The zero-order valence-corrected chi connectivity index (χ0v) is 13.3. The van der Waals surface area contributed by atoms with Crippen molar-refractivity contribution in [3.63, 3.8) is 0 Å². The molecule has 0 aromatic heterocycles. The highest BCUT2D eigenvalue weighted by Crippen LogP contribution is 2.25. The van der Waals surface area contributed by atoms with Gasteiger partial charge in [-0.1, -0.05) is 24.3 Å². The predicted octanol–water partition coefficient (Wildman–Crippen LogP) is 4.42. The molecule has 0 unspecified atom stereocenters. The van der Waals surface area contributed by atoms with Crippen molar-refractivity contribution in [1.29, 1.82) is 0 Å². The number of nitrogens with one attached hydrogen (secondary N) is 1. The molecule has 102 valence electrons. The van der Waals surface area contributed by atoms with Crippen LogP contribution in [0.2, 0.25) is 0 Å². The van der Waals surface area contributed by atoms with Crippen LogP contribution in [0.4, 0.5) is 5.69 Å². The van der Waals surface area contributed by atoms with Gasteiger partial charge in [0.25, 0.3) is 5.91 Å². The van der Waals surface area contributed by atoms with Crippen LogP contribution in [0.3, 0.4) is 0 Å². The van der Waals surface area contributed by atoms with Crippen molar-refractivity contribution in [2.75, 3.05) is 5.32 Å². The molecule has 0 bridgehead atoms. The van der Waals surface area contributed by atoms with E-state index in [2.05, 4.69) is 34.0 Å². The summed E-state index contributed by atoms with van der Waals surface area (Å²) in [6.07, 6.45) is 4.53. The van der Waals surface area contributed by atoms with Crippen LogP contribution in [0.1, 0.15) is 34.3 Å². The summed E-state index contributed by atoms with van der Waals surface area (Å²) in [5.74, 6) is 0.00728. The zero-order valence-electron chi connectivity index (χ0n) is 11.2. The summed E-state index contributed by atoms with van der Waals surface area (Å²) in [4.78, 5) is 12.5. The van der Waals surface area contributed by atoms with Crippen molar-refractivity contribution in [3.8, 4) is 0 Å². The van der Waals surface area contributed by atoms with Crippen LogP contribution in [0, 0.1) is 3.57 Å². The third-order valence-electron chi connectivity index (χ3n) is 3.76. The van der Waals surface area contributed by atoms with E-state index in [9.17, 15) is 4.79 Å². The first-order chi connectivity index (χ1) is 9.75. The van der Waals surface area contributed by atoms with Gasteiger partial charge in [0.05, 0.1) is 5.69 Å². The van der Waals surface area contributed by atoms with Crippen LogP contribution < -0.4 is 5.32 Å². The summed E-state index contributed by atoms with van der Waals surface area (Å²) in [5, 5.41) is 3.03. The normalized spacial score (nSPS) is 13.7. The number of aryl methyl sites for hydroxylation is 1. The Balaban J connectivity index is 1.90. The van der Waals surface area contributed by atoms with Crippen LogP contribution in [-0.4, -0.2) is 5.91 Å². The maximum atomic E-state index is 12.5. The summed E-state index contributed by atoms with van der Waals surface area (Å²) in [6.45, 7) is 0. The Morgan fingerprint density at radius 3 is 2.65 bits per heavy atom. The minimum Gasteiger partial charge on any atom is -0.321 e. The van der Waals surface area contributed by atoms with Gasteiger partial charge in [-0.15, -0.1) is 0 Å². The van der Waals surface area contributed by atoms with Gasteiger partial charge in [0.15, 0.2) is 0 Å².